The quantitative estimate of drug-likeness (QED) is 0.625. The summed E-state index contributed by atoms with van der Waals surface area (Å²) in [5.74, 6) is 0.937. The summed E-state index contributed by atoms with van der Waals surface area (Å²) < 4.78 is 2.37. The van der Waals surface area contributed by atoms with Crippen LogP contribution in [0.3, 0.4) is 0 Å². The molecule has 3 nitrogen and oxygen atoms in total. The van der Waals surface area contributed by atoms with Crippen molar-refractivity contribution in [3.05, 3.63) is 58.4 Å². The number of halogens is 2. The van der Waals surface area contributed by atoms with Gasteiger partial charge in [0.05, 0.1) is 5.52 Å². The van der Waals surface area contributed by atoms with Crippen molar-refractivity contribution in [3.63, 3.8) is 0 Å². The molecule has 0 aliphatic rings. The van der Waals surface area contributed by atoms with Crippen molar-refractivity contribution in [2.75, 3.05) is 5.32 Å². The third-order valence-corrected chi connectivity index (χ3v) is 4.58. The molecular formula is C19H23Cl2N3. The van der Waals surface area contributed by atoms with Crippen molar-refractivity contribution >= 4 is 40.7 Å². The van der Waals surface area contributed by atoms with Crippen molar-refractivity contribution in [3.8, 4) is 0 Å². The summed E-state index contributed by atoms with van der Waals surface area (Å²) in [4.78, 5) is 4.58. The fourth-order valence-corrected chi connectivity index (χ4v) is 3.27. The van der Waals surface area contributed by atoms with Crippen LogP contribution in [-0.2, 0) is 13.1 Å². The third-order valence-electron chi connectivity index (χ3n) is 4.34. The molecule has 5 heteroatoms. The smallest absolute Gasteiger partial charge is 0.150 e. The lowest BCUT2D eigenvalue weighted by atomic mass is 10.2. The van der Waals surface area contributed by atoms with E-state index in [-0.39, 0.29) is 12.4 Å². The van der Waals surface area contributed by atoms with E-state index in [9.17, 15) is 0 Å². The van der Waals surface area contributed by atoms with Gasteiger partial charge < -0.3 is 9.88 Å². The number of rotatable bonds is 5. The largest absolute Gasteiger partial charge is 0.364 e. The van der Waals surface area contributed by atoms with Gasteiger partial charge in [-0.05, 0) is 49.6 Å². The molecule has 0 amide bonds. The van der Waals surface area contributed by atoms with Crippen LogP contribution in [0.15, 0.2) is 36.5 Å². The van der Waals surface area contributed by atoms with E-state index in [1.165, 1.54) is 22.2 Å². The van der Waals surface area contributed by atoms with E-state index in [1.54, 1.807) is 0 Å². The van der Waals surface area contributed by atoms with Crippen LogP contribution in [0, 0.1) is 13.8 Å². The first-order chi connectivity index (χ1) is 11.1. The summed E-state index contributed by atoms with van der Waals surface area (Å²) in [6, 6.07) is 10.0. The predicted octanol–water partition coefficient (Wildman–Crippen LogP) is 5.75. The number of hydrogen-bond acceptors (Lipinski definition) is 2. The standard InChI is InChI=1S/C19H22ClN3.ClH/c1-4-10-23-14(3)13(2)17-8-9-21-19(18(17)23)22-12-15-6-5-7-16(20)11-15;/h5-9,11H,4,10,12H2,1-3H3,(H,21,22);1H. The van der Waals surface area contributed by atoms with Crippen molar-refractivity contribution in [1.82, 2.24) is 9.55 Å². The molecule has 1 aromatic carbocycles. The molecule has 1 N–H and O–H groups in total. The maximum Gasteiger partial charge on any atom is 0.150 e. The topological polar surface area (TPSA) is 29.9 Å². The number of benzene rings is 1. The van der Waals surface area contributed by atoms with Gasteiger partial charge >= 0.3 is 0 Å². The minimum Gasteiger partial charge on any atom is -0.364 e. The fraction of sp³-hybridized carbons (Fsp3) is 0.316. The summed E-state index contributed by atoms with van der Waals surface area (Å²) in [7, 11) is 0. The van der Waals surface area contributed by atoms with Crippen LogP contribution < -0.4 is 5.32 Å². The maximum atomic E-state index is 6.06. The molecule has 0 spiro atoms. The van der Waals surface area contributed by atoms with Crippen molar-refractivity contribution in [2.45, 2.75) is 40.3 Å². The van der Waals surface area contributed by atoms with E-state index >= 15 is 0 Å². The van der Waals surface area contributed by atoms with Crippen molar-refractivity contribution in [2.24, 2.45) is 0 Å². The molecule has 0 saturated heterocycles. The van der Waals surface area contributed by atoms with E-state index in [4.69, 9.17) is 11.6 Å². The molecule has 128 valence electrons. The Morgan fingerprint density at radius 2 is 2.00 bits per heavy atom. The zero-order chi connectivity index (χ0) is 16.4. The minimum atomic E-state index is 0. The van der Waals surface area contributed by atoms with Gasteiger partial charge in [-0.2, -0.15) is 0 Å². The first-order valence-corrected chi connectivity index (χ1v) is 8.42. The van der Waals surface area contributed by atoms with Crippen LogP contribution in [0.4, 0.5) is 5.82 Å². The lowest BCUT2D eigenvalue weighted by molar-refractivity contribution is 0.683. The number of aryl methyl sites for hydroxylation is 2. The van der Waals surface area contributed by atoms with Gasteiger partial charge in [0.25, 0.3) is 0 Å². The maximum absolute atomic E-state index is 6.06. The molecule has 0 fully saturated rings. The van der Waals surface area contributed by atoms with Crippen LogP contribution in [0.2, 0.25) is 5.02 Å². The Morgan fingerprint density at radius 3 is 2.71 bits per heavy atom. The summed E-state index contributed by atoms with van der Waals surface area (Å²) in [5, 5.41) is 5.52. The summed E-state index contributed by atoms with van der Waals surface area (Å²) >= 11 is 6.06. The SMILES string of the molecule is CCCn1c(C)c(C)c2ccnc(NCc3cccc(Cl)c3)c21.Cl. The highest BCUT2D eigenvalue weighted by atomic mass is 35.5. The van der Waals surface area contributed by atoms with Gasteiger partial charge in [-0.1, -0.05) is 30.7 Å². The summed E-state index contributed by atoms with van der Waals surface area (Å²) in [5.41, 5.74) is 5.01. The molecule has 0 unspecified atom stereocenters. The zero-order valence-corrected chi connectivity index (χ0v) is 15.8. The predicted molar refractivity (Wildman–Crippen MR) is 106 cm³/mol. The van der Waals surface area contributed by atoms with Crippen LogP contribution in [0.25, 0.3) is 10.9 Å². The normalized spacial score (nSPS) is 10.7. The summed E-state index contributed by atoms with van der Waals surface area (Å²) in [6.45, 7) is 8.29. The second kappa shape index (κ2) is 7.91. The number of hydrogen-bond donors (Lipinski definition) is 1. The molecule has 0 aliphatic carbocycles. The molecule has 3 aromatic rings. The molecule has 3 rings (SSSR count). The number of nitrogens with one attached hydrogen (secondary N) is 1. The van der Waals surface area contributed by atoms with E-state index in [0.29, 0.717) is 6.54 Å². The van der Waals surface area contributed by atoms with E-state index in [2.05, 4.69) is 47.8 Å². The Kier molecular flexibility index (Phi) is 6.14. The number of pyridine rings is 1. The number of aromatic nitrogens is 2. The zero-order valence-electron chi connectivity index (χ0n) is 14.3. The van der Waals surface area contributed by atoms with Crippen LogP contribution in [-0.4, -0.2) is 9.55 Å². The average molecular weight is 364 g/mol. The van der Waals surface area contributed by atoms with Gasteiger partial charge in [0.15, 0.2) is 5.82 Å². The van der Waals surface area contributed by atoms with Gasteiger partial charge in [0.1, 0.15) is 0 Å². The average Bonchev–Trinajstić information content (AvgIpc) is 2.79. The van der Waals surface area contributed by atoms with Crippen molar-refractivity contribution in [1.29, 1.82) is 0 Å². The van der Waals surface area contributed by atoms with Gasteiger partial charge in [-0.3, -0.25) is 0 Å². The third kappa shape index (κ3) is 3.52. The molecular weight excluding hydrogens is 341 g/mol. The van der Waals surface area contributed by atoms with Crippen LogP contribution in [0.5, 0.6) is 0 Å². The fourth-order valence-electron chi connectivity index (χ4n) is 3.06. The number of nitrogens with zero attached hydrogens (tertiary/aromatic N) is 2. The lowest BCUT2D eigenvalue weighted by Crippen LogP contribution is -2.06. The van der Waals surface area contributed by atoms with Gasteiger partial charge in [-0.15, -0.1) is 12.4 Å². The molecule has 0 radical (unpaired) electrons. The Morgan fingerprint density at radius 1 is 1.21 bits per heavy atom. The van der Waals surface area contributed by atoms with Gasteiger partial charge in [0.2, 0.25) is 0 Å². The minimum absolute atomic E-state index is 0. The molecule has 2 heterocycles. The molecule has 0 aliphatic heterocycles. The highest BCUT2D eigenvalue weighted by Gasteiger charge is 2.14. The second-order valence-electron chi connectivity index (χ2n) is 5.90. The Bertz CT molecular complexity index is 840. The second-order valence-corrected chi connectivity index (χ2v) is 6.34. The first-order valence-electron chi connectivity index (χ1n) is 8.04. The van der Waals surface area contributed by atoms with Gasteiger partial charge in [-0.25, -0.2) is 4.98 Å². The van der Waals surface area contributed by atoms with Crippen LogP contribution >= 0.6 is 24.0 Å². The highest BCUT2D eigenvalue weighted by molar-refractivity contribution is 6.30. The molecule has 0 saturated carbocycles. The Labute approximate surface area is 154 Å². The molecule has 0 bridgehead atoms. The first kappa shape index (κ1) is 18.6. The lowest BCUT2D eigenvalue weighted by Gasteiger charge is -2.12. The number of anilines is 1. The molecule has 0 atom stereocenters. The molecule has 2 aromatic heterocycles. The summed E-state index contributed by atoms with van der Waals surface area (Å²) in [6.07, 6.45) is 2.98. The highest BCUT2D eigenvalue weighted by Crippen LogP contribution is 2.30. The Hall–Kier alpha value is -1.71. The molecule has 24 heavy (non-hydrogen) atoms. The Balaban J connectivity index is 0.00000208. The van der Waals surface area contributed by atoms with E-state index in [1.807, 2.05) is 24.4 Å². The van der Waals surface area contributed by atoms with Crippen LogP contribution in [0.1, 0.15) is 30.2 Å². The van der Waals surface area contributed by atoms with Crippen molar-refractivity contribution < 1.29 is 0 Å². The van der Waals surface area contributed by atoms with E-state index < -0.39 is 0 Å². The monoisotopic (exact) mass is 363 g/mol. The van der Waals surface area contributed by atoms with E-state index in [0.717, 1.165) is 29.4 Å². The number of fused-ring (bicyclic) bond motifs is 1. The van der Waals surface area contributed by atoms with Gasteiger partial charge in [0, 0.05) is 35.4 Å².